The summed E-state index contributed by atoms with van der Waals surface area (Å²) in [4.78, 5) is 21.6. The summed E-state index contributed by atoms with van der Waals surface area (Å²) < 4.78 is 9.59. The Bertz CT molecular complexity index is 523. The number of rotatable bonds is 3. The summed E-state index contributed by atoms with van der Waals surface area (Å²) in [7, 11) is 0. The molecule has 1 aromatic carbocycles. The topological polar surface area (TPSA) is 93.1 Å². The second-order valence-electron chi connectivity index (χ2n) is 5.27. The van der Waals surface area contributed by atoms with Crippen molar-refractivity contribution in [1.82, 2.24) is 0 Å². The van der Waals surface area contributed by atoms with Crippen LogP contribution in [-0.4, -0.2) is 34.9 Å². The van der Waals surface area contributed by atoms with Gasteiger partial charge in [0, 0.05) is 6.07 Å². The van der Waals surface area contributed by atoms with Crippen molar-refractivity contribution in [3.8, 4) is 11.5 Å². The van der Waals surface area contributed by atoms with Gasteiger partial charge in [-0.25, -0.2) is 0 Å². The van der Waals surface area contributed by atoms with Crippen LogP contribution < -0.4 is 0 Å². The third-order valence-electron chi connectivity index (χ3n) is 3.03. The molecule has 2 N–H and O–H groups in total. The molecule has 122 valence electrons. The van der Waals surface area contributed by atoms with Gasteiger partial charge in [-0.15, -0.1) is 0 Å². The van der Waals surface area contributed by atoms with E-state index in [-0.39, 0.29) is 48.5 Å². The Hall–Kier alpha value is -2.24. The molecule has 1 aliphatic heterocycles. The van der Waals surface area contributed by atoms with Gasteiger partial charge in [-0.3, -0.25) is 9.59 Å². The predicted octanol–water partition coefficient (Wildman–Crippen LogP) is 2.16. The van der Waals surface area contributed by atoms with Crippen LogP contribution in [0.15, 0.2) is 18.2 Å². The van der Waals surface area contributed by atoms with E-state index in [0.29, 0.717) is 0 Å². The SMILES string of the molecule is CC(C)C(=O)OC1COC(=O)C1.CCc1ccc(O)cc1O. The third kappa shape index (κ3) is 5.63. The van der Waals surface area contributed by atoms with Crippen molar-refractivity contribution < 1.29 is 29.3 Å². The number of hydrogen-bond acceptors (Lipinski definition) is 6. The number of ether oxygens (including phenoxy) is 2. The van der Waals surface area contributed by atoms with Crippen LogP contribution in [0.3, 0.4) is 0 Å². The minimum atomic E-state index is -0.368. The lowest BCUT2D eigenvalue weighted by atomic mass is 10.1. The quantitative estimate of drug-likeness (QED) is 0.831. The maximum Gasteiger partial charge on any atom is 0.309 e. The molecule has 22 heavy (non-hydrogen) atoms. The van der Waals surface area contributed by atoms with Gasteiger partial charge in [0.25, 0.3) is 0 Å². The van der Waals surface area contributed by atoms with Crippen molar-refractivity contribution in [3.05, 3.63) is 23.8 Å². The summed E-state index contributed by atoms with van der Waals surface area (Å²) in [5.74, 6) is -0.451. The summed E-state index contributed by atoms with van der Waals surface area (Å²) in [6.07, 6.45) is 0.609. The molecule has 0 spiro atoms. The highest BCUT2D eigenvalue weighted by atomic mass is 16.6. The second kappa shape index (κ2) is 8.26. The van der Waals surface area contributed by atoms with Crippen LogP contribution in [0.2, 0.25) is 0 Å². The van der Waals surface area contributed by atoms with Crippen LogP contribution in [0.1, 0.15) is 32.8 Å². The molecular formula is C16H22O6. The first-order chi connectivity index (χ1) is 10.3. The Kier molecular flexibility index (Phi) is 6.69. The first-order valence-electron chi connectivity index (χ1n) is 7.20. The van der Waals surface area contributed by atoms with E-state index in [4.69, 9.17) is 14.9 Å². The summed E-state index contributed by atoms with van der Waals surface area (Å²) in [6.45, 7) is 5.66. The van der Waals surface area contributed by atoms with E-state index < -0.39 is 0 Å². The minimum Gasteiger partial charge on any atom is -0.508 e. The Morgan fingerprint density at radius 3 is 2.55 bits per heavy atom. The van der Waals surface area contributed by atoms with Gasteiger partial charge in [0.1, 0.15) is 24.2 Å². The molecule has 1 saturated heterocycles. The van der Waals surface area contributed by atoms with Gasteiger partial charge in [0.05, 0.1) is 12.3 Å². The molecule has 6 nitrogen and oxygen atoms in total. The van der Waals surface area contributed by atoms with E-state index in [1.165, 1.54) is 6.07 Å². The molecule has 0 bridgehead atoms. The number of carbonyl (C=O) groups is 2. The van der Waals surface area contributed by atoms with Crippen LogP contribution in [0.5, 0.6) is 11.5 Å². The first-order valence-corrected chi connectivity index (χ1v) is 7.20. The van der Waals surface area contributed by atoms with Crippen molar-refractivity contribution in [2.45, 2.75) is 39.7 Å². The Morgan fingerprint density at radius 1 is 1.41 bits per heavy atom. The molecule has 1 fully saturated rings. The number of aromatic hydroxyl groups is 2. The van der Waals surface area contributed by atoms with Crippen LogP contribution in [0, 0.1) is 5.92 Å². The normalized spacial score (nSPS) is 16.7. The standard InChI is InChI=1S/C8H12O4.C8H10O2/c1-5(2)8(10)12-6-3-7(9)11-4-6;1-2-6-3-4-7(9)5-8(6)10/h5-6H,3-4H2,1-2H3;3-5,9-10H,2H2,1H3. The molecule has 6 heteroatoms. The molecule has 0 amide bonds. The van der Waals surface area contributed by atoms with Crippen molar-refractivity contribution in [1.29, 1.82) is 0 Å². The zero-order valence-corrected chi connectivity index (χ0v) is 13.0. The Labute approximate surface area is 129 Å². The van der Waals surface area contributed by atoms with Gasteiger partial charge in [-0.05, 0) is 18.1 Å². The maximum atomic E-state index is 11.0. The lowest BCUT2D eigenvalue weighted by molar-refractivity contribution is -0.152. The number of esters is 2. The highest BCUT2D eigenvalue weighted by Crippen LogP contribution is 2.22. The molecule has 0 radical (unpaired) electrons. The molecule has 1 atom stereocenters. The average Bonchev–Trinajstić information content (AvgIpc) is 2.85. The third-order valence-corrected chi connectivity index (χ3v) is 3.03. The molecule has 0 aromatic heterocycles. The lowest BCUT2D eigenvalue weighted by Crippen LogP contribution is -2.21. The van der Waals surface area contributed by atoms with E-state index in [1.54, 1.807) is 26.0 Å². The fourth-order valence-electron chi connectivity index (χ4n) is 1.72. The zero-order valence-electron chi connectivity index (χ0n) is 13.0. The van der Waals surface area contributed by atoms with Gasteiger partial charge in [0.2, 0.25) is 0 Å². The number of phenols is 2. The van der Waals surface area contributed by atoms with Crippen LogP contribution in [0.25, 0.3) is 0 Å². The smallest absolute Gasteiger partial charge is 0.309 e. The monoisotopic (exact) mass is 310 g/mol. The number of hydrogen-bond donors (Lipinski definition) is 2. The van der Waals surface area contributed by atoms with E-state index in [2.05, 4.69) is 4.74 Å². The number of phenolic OH excluding ortho intramolecular Hbond substituents is 2. The number of cyclic esters (lactones) is 1. The van der Waals surface area contributed by atoms with E-state index >= 15 is 0 Å². The Morgan fingerprint density at radius 2 is 2.09 bits per heavy atom. The van der Waals surface area contributed by atoms with Crippen molar-refractivity contribution in [2.24, 2.45) is 5.92 Å². The highest BCUT2D eigenvalue weighted by molar-refractivity contribution is 5.75. The van der Waals surface area contributed by atoms with E-state index in [1.807, 2.05) is 6.92 Å². The Balaban J connectivity index is 0.000000224. The number of benzene rings is 1. The van der Waals surface area contributed by atoms with Gasteiger partial charge >= 0.3 is 11.9 Å². The second-order valence-corrected chi connectivity index (χ2v) is 5.27. The first kappa shape index (κ1) is 17.8. The fraction of sp³-hybridized carbons (Fsp3) is 0.500. The molecule has 1 unspecified atom stereocenters. The molecule has 1 heterocycles. The fourth-order valence-corrected chi connectivity index (χ4v) is 1.72. The molecule has 2 rings (SSSR count). The van der Waals surface area contributed by atoms with Crippen molar-refractivity contribution in [2.75, 3.05) is 6.61 Å². The molecule has 0 aliphatic carbocycles. The predicted molar refractivity (Wildman–Crippen MR) is 79.4 cm³/mol. The summed E-state index contributed by atoms with van der Waals surface area (Å²) in [5.41, 5.74) is 0.859. The van der Waals surface area contributed by atoms with Gasteiger partial charge in [-0.2, -0.15) is 0 Å². The van der Waals surface area contributed by atoms with E-state index in [9.17, 15) is 9.59 Å². The molecule has 1 aliphatic rings. The lowest BCUT2D eigenvalue weighted by Gasteiger charge is -2.10. The molecule has 0 saturated carbocycles. The zero-order chi connectivity index (χ0) is 16.7. The molecular weight excluding hydrogens is 288 g/mol. The van der Waals surface area contributed by atoms with Crippen LogP contribution >= 0.6 is 0 Å². The van der Waals surface area contributed by atoms with Gasteiger partial charge < -0.3 is 19.7 Å². The number of aryl methyl sites for hydroxylation is 1. The summed E-state index contributed by atoms with van der Waals surface area (Å²) in [5, 5.41) is 18.0. The maximum absolute atomic E-state index is 11.0. The highest BCUT2D eigenvalue weighted by Gasteiger charge is 2.27. The van der Waals surface area contributed by atoms with Crippen molar-refractivity contribution >= 4 is 11.9 Å². The largest absolute Gasteiger partial charge is 0.508 e. The van der Waals surface area contributed by atoms with Crippen molar-refractivity contribution in [3.63, 3.8) is 0 Å². The average molecular weight is 310 g/mol. The van der Waals surface area contributed by atoms with Crippen LogP contribution in [-0.2, 0) is 25.5 Å². The van der Waals surface area contributed by atoms with Gasteiger partial charge in [-0.1, -0.05) is 26.8 Å². The molecule has 1 aromatic rings. The van der Waals surface area contributed by atoms with E-state index in [0.717, 1.165) is 12.0 Å². The number of carbonyl (C=O) groups excluding carboxylic acids is 2. The minimum absolute atomic E-state index is 0.106. The van der Waals surface area contributed by atoms with Crippen LogP contribution in [0.4, 0.5) is 0 Å². The van der Waals surface area contributed by atoms with Gasteiger partial charge in [0.15, 0.2) is 0 Å². The summed E-state index contributed by atoms with van der Waals surface area (Å²) in [6, 6.07) is 4.63. The summed E-state index contributed by atoms with van der Waals surface area (Å²) >= 11 is 0.